The number of piperidine rings is 1. The fraction of sp³-hybridized carbons (Fsp3) is 0.733. The molecule has 0 aliphatic carbocycles. The van der Waals surface area contributed by atoms with E-state index < -0.39 is 5.60 Å². The molecule has 1 heterocycles. The first-order valence-corrected chi connectivity index (χ1v) is 7.08. The molecule has 0 unspecified atom stereocenters. The highest BCUT2D eigenvalue weighted by Crippen LogP contribution is 2.25. The molecule has 0 aromatic rings. The van der Waals surface area contributed by atoms with Crippen LogP contribution in [-0.2, 0) is 14.3 Å². The highest BCUT2D eigenvalue weighted by Gasteiger charge is 2.29. The molecule has 0 N–H and O–H groups in total. The van der Waals surface area contributed by atoms with Crippen molar-refractivity contribution < 1.29 is 19.1 Å². The number of esters is 1. The molecule has 1 saturated heterocycles. The normalized spacial score (nSPS) is 16.7. The second-order valence-electron chi connectivity index (χ2n) is 5.99. The van der Waals surface area contributed by atoms with Crippen LogP contribution in [0.1, 0.15) is 40.5 Å². The second kappa shape index (κ2) is 6.77. The standard InChI is InChI=1S/C15H25NO4/c1-6-19-13(17)11(2)12-7-9-16(10-8-12)14(18)20-15(3,4)5/h12H,2,6-10H2,1,3-5H3. The molecule has 0 aromatic heterocycles. The molecule has 1 fully saturated rings. The van der Waals surface area contributed by atoms with Gasteiger partial charge in [0.2, 0.25) is 0 Å². The van der Waals surface area contributed by atoms with E-state index in [9.17, 15) is 9.59 Å². The van der Waals surface area contributed by atoms with Gasteiger partial charge in [-0.2, -0.15) is 0 Å². The van der Waals surface area contributed by atoms with Crippen molar-refractivity contribution in [3.05, 3.63) is 12.2 Å². The van der Waals surface area contributed by atoms with Crippen LogP contribution in [0.2, 0.25) is 0 Å². The number of carbonyl (C=O) groups excluding carboxylic acids is 2. The van der Waals surface area contributed by atoms with Crippen molar-refractivity contribution in [2.24, 2.45) is 5.92 Å². The summed E-state index contributed by atoms with van der Waals surface area (Å²) in [4.78, 5) is 25.2. The minimum atomic E-state index is -0.484. The molecule has 0 radical (unpaired) electrons. The average molecular weight is 283 g/mol. The summed E-state index contributed by atoms with van der Waals surface area (Å²) >= 11 is 0. The molecule has 0 atom stereocenters. The Bertz CT molecular complexity index is 376. The van der Waals surface area contributed by atoms with Gasteiger partial charge in [-0.15, -0.1) is 0 Å². The number of rotatable bonds is 3. The lowest BCUT2D eigenvalue weighted by Gasteiger charge is -2.33. The lowest BCUT2D eigenvalue weighted by molar-refractivity contribution is -0.139. The van der Waals surface area contributed by atoms with E-state index in [4.69, 9.17) is 9.47 Å². The van der Waals surface area contributed by atoms with Gasteiger partial charge in [-0.3, -0.25) is 0 Å². The predicted octanol–water partition coefficient (Wildman–Crippen LogP) is 2.75. The van der Waals surface area contributed by atoms with Crippen LogP contribution in [0, 0.1) is 5.92 Å². The molecule has 1 amide bonds. The average Bonchev–Trinajstić information content (AvgIpc) is 2.36. The van der Waals surface area contributed by atoms with Crippen LogP contribution >= 0.6 is 0 Å². The van der Waals surface area contributed by atoms with Crippen molar-refractivity contribution in [2.75, 3.05) is 19.7 Å². The Labute approximate surface area is 120 Å². The zero-order valence-corrected chi connectivity index (χ0v) is 12.9. The van der Waals surface area contributed by atoms with Gasteiger partial charge in [-0.25, -0.2) is 9.59 Å². The second-order valence-corrected chi connectivity index (χ2v) is 5.99. The van der Waals surface area contributed by atoms with E-state index in [1.165, 1.54) is 0 Å². The summed E-state index contributed by atoms with van der Waals surface area (Å²) in [5.74, 6) is -0.240. The van der Waals surface area contributed by atoms with Crippen molar-refractivity contribution in [2.45, 2.75) is 46.1 Å². The van der Waals surface area contributed by atoms with Gasteiger partial charge in [0.25, 0.3) is 0 Å². The van der Waals surface area contributed by atoms with Crippen LogP contribution in [-0.4, -0.2) is 42.3 Å². The molecule has 114 valence electrons. The first-order valence-electron chi connectivity index (χ1n) is 7.08. The third kappa shape index (κ3) is 4.87. The summed E-state index contributed by atoms with van der Waals surface area (Å²) in [5, 5.41) is 0. The quantitative estimate of drug-likeness (QED) is 0.590. The lowest BCUT2D eigenvalue weighted by atomic mass is 9.90. The van der Waals surface area contributed by atoms with E-state index in [1.807, 2.05) is 20.8 Å². The third-order valence-electron chi connectivity index (χ3n) is 3.18. The molecule has 5 heteroatoms. The number of nitrogens with zero attached hydrogens (tertiary/aromatic N) is 1. The number of amides is 1. The summed E-state index contributed by atoms with van der Waals surface area (Å²) in [6, 6.07) is 0. The molecule has 0 saturated carbocycles. The maximum absolute atomic E-state index is 11.9. The molecule has 0 spiro atoms. The highest BCUT2D eigenvalue weighted by atomic mass is 16.6. The van der Waals surface area contributed by atoms with Gasteiger partial charge in [0, 0.05) is 18.7 Å². The Morgan fingerprint density at radius 1 is 1.25 bits per heavy atom. The smallest absolute Gasteiger partial charge is 0.410 e. The van der Waals surface area contributed by atoms with Gasteiger partial charge in [0.1, 0.15) is 5.60 Å². The molecule has 20 heavy (non-hydrogen) atoms. The lowest BCUT2D eigenvalue weighted by Crippen LogP contribution is -2.42. The minimum Gasteiger partial charge on any atom is -0.463 e. The van der Waals surface area contributed by atoms with Gasteiger partial charge < -0.3 is 14.4 Å². The molecular weight excluding hydrogens is 258 g/mol. The highest BCUT2D eigenvalue weighted by molar-refractivity contribution is 5.88. The molecule has 1 rings (SSSR count). The number of hydrogen-bond donors (Lipinski definition) is 0. The van der Waals surface area contributed by atoms with Crippen molar-refractivity contribution in [3.8, 4) is 0 Å². The van der Waals surface area contributed by atoms with E-state index in [1.54, 1.807) is 11.8 Å². The Hall–Kier alpha value is -1.52. The molecule has 1 aliphatic heterocycles. The van der Waals surface area contributed by atoms with E-state index in [0.29, 0.717) is 25.3 Å². The fourth-order valence-electron chi connectivity index (χ4n) is 2.13. The summed E-state index contributed by atoms with van der Waals surface area (Å²) in [6.45, 7) is 12.7. The molecule has 5 nitrogen and oxygen atoms in total. The summed E-state index contributed by atoms with van der Waals surface area (Å²) < 4.78 is 10.3. The predicted molar refractivity (Wildman–Crippen MR) is 76.3 cm³/mol. The number of hydrogen-bond acceptors (Lipinski definition) is 4. The Kier molecular flexibility index (Phi) is 5.60. The van der Waals surface area contributed by atoms with Crippen molar-refractivity contribution in [1.82, 2.24) is 4.90 Å². The van der Waals surface area contributed by atoms with Gasteiger partial charge in [0.15, 0.2) is 0 Å². The Morgan fingerprint density at radius 3 is 2.25 bits per heavy atom. The van der Waals surface area contributed by atoms with Crippen LogP contribution in [0.4, 0.5) is 4.79 Å². The van der Waals surface area contributed by atoms with Crippen molar-refractivity contribution in [3.63, 3.8) is 0 Å². The first-order chi connectivity index (χ1) is 9.24. The fourth-order valence-corrected chi connectivity index (χ4v) is 2.13. The van der Waals surface area contributed by atoms with Crippen LogP contribution in [0.5, 0.6) is 0 Å². The van der Waals surface area contributed by atoms with E-state index in [2.05, 4.69) is 6.58 Å². The van der Waals surface area contributed by atoms with Crippen LogP contribution < -0.4 is 0 Å². The number of ether oxygens (including phenoxy) is 2. The van der Waals surface area contributed by atoms with Crippen LogP contribution in [0.3, 0.4) is 0 Å². The molecule has 0 aromatic carbocycles. The van der Waals surface area contributed by atoms with Crippen LogP contribution in [0.25, 0.3) is 0 Å². The summed E-state index contributed by atoms with van der Waals surface area (Å²) in [6.07, 6.45) is 1.14. The van der Waals surface area contributed by atoms with E-state index in [0.717, 1.165) is 12.8 Å². The van der Waals surface area contributed by atoms with Gasteiger partial charge in [0.05, 0.1) is 6.61 Å². The molecular formula is C15H25NO4. The summed E-state index contributed by atoms with van der Waals surface area (Å²) in [7, 11) is 0. The van der Waals surface area contributed by atoms with Gasteiger partial charge in [-0.05, 0) is 46.5 Å². The maximum Gasteiger partial charge on any atom is 0.410 e. The van der Waals surface area contributed by atoms with Crippen molar-refractivity contribution in [1.29, 1.82) is 0 Å². The maximum atomic E-state index is 11.9. The van der Waals surface area contributed by atoms with Crippen molar-refractivity contribution >= 4 is 12.1 Å². The van der Waals surface area contributed by atoms with Gasteiger partial charge in [-0.1, -0.05) is 6.58 Å². The van der Waals surface area contributed by atoms with Crippen LogP contribution in [0.15, 0.2) is 12.2 Å². The van der Waals surface area contributed by atoms with Gasteiger partial charge >= 0.3 is 12.1 Å². The zero-order valence-electron chi connectivity index (χ0n) is 12.9. The first kappa shape index (κ1) is 16.5. The third-order valence-corrected chi connectivity index (χ3v) is 3.18. The molecule has 1 aliphatic rings. The summed E-state index contributed by atoms with van der Waals surface area (Å²) in [5.41, 5.74) is 0.0262. The van der Waals surface area contributed by atoms with E-state index >= 15 is 0 Å². The monoisotopic (exact) mass is 283 g/mol. The molecule has 0 bridgehead atoms. The largest absolute Gasteiger partial charge is 0.463 e. The van der Waals surface area contributed by atoms with E-state index in [-0.39, 0.29) is 18.0 Å². The minimum absolute atomic E-state index is 0.0905. The Balaban J connectivity index is 2.46. The number of likely N-dealkylation sites (tertiary alicyclic amines) is 1. The SMILES string of the molecule is C=C(C(=O)OCC)C1CCN(C(=O)OC(C)(C)C)CC1. The topological polar surface area (TPSA) is 55.8 Å². The zero-order chi connectivity index (χ0) is 15.3. The number of carbonyl (C=O) groups is 2. The Morgan fingerprint density at radius 2 is 1.80 bits per heavy atom.